The molecule has 16 heavy (non-hydrogen) atoms. The predicted molar refractivity (Wildman–Crippen MR) is 67.6 cm³/mol. The molecule has 3 heteroatoms. The number of phenolic OH excluding ortho intramolecular Hbond substituents is 1. The van der Waals surface area contributed by atoms with E-state index < -0.39 is 0 Å². The van der Waals surface area contributed by atoms with Gasteiger partial charge in [0.25, 0.3) is 0 Å². The Morgan fingerprint density at radius 2 is 2.00 bits per heavy atom. The molecule has 0 radical (unpaired) electrons. The number of aromatic hydroxyl groups is 1. The zero-order valence-corrected chi connectivity index (χ0v) is 10.2. The first kappa shape index (κ1) is 13.0. The summed E-state index contributed by atoms with van der Waals surface area (Å²) in [5.74, 6) is 0.336. The Hall–Kier alpha value is -1.06. The molecule has 0 spiro atoms. The van der Waals surface area contributed by atoms with Gasteiger partial charge in [-0.05, 0) is 30.8 Å². The molecule has 0 aromatic heterocycles. The highest BCUT2D eigenvalue weighted by molar-refractivity contribution is 5.26. The van der Waals surface area contributed by atoms with Crippen molar-refractivity contribution < 1.29 is 5.11 Å². The average Bonchev–Trinajstić information content (AvgIpc) is 2.29. The van der Waals surface area contributed by atoms with E-state index in [1.807, 2.05) is 12.1 Å². The molecule has 0 aliphatic carbocycles. The lowest BCUT2D eigenvalue weighted by molar-refractivity contribution is 0.302. The van der Waals surface area contributed by atoms with Gasteiger partial charge in [-0.2, -0.15) is 0 Å². The van der Waals surface area contributed by atoms with Crippen molar-refractivity contribution in [2.75, 3.05) is 26.2 Å². The summed E-state index contributed by atoms with van der Waals surface area (Å²) in [7, 11) is 0. The predicted octanol–water partition coefficient (Wildman–Crippen LogP) is 1.82. The zero-order chi connectivity index (χ0) is 11.8. The molecule has 2 N–H and O–H groups in total. The van der Waals surface area contributed by atoms with E-state index in [9.17, 15) is 5.11 Å². The van der Waals surface area contributed by atoms with Gasteiger partial charge in [-0.3, -0.25) is 0 Å². The lowest BCUT2D eigenvalue weighted by Crippen LogP contribution is -2.31. The maximum Gasteiger partial charge on any atom is 0.115 e. The van der Waals surface area contributed by atoms with Gasteiger partial charge in [-0.1, -0.05) is 26.0 Å². The highest BCUT2D eigenvalue weighted by atomic mass is 16.3. The Morgan fingerprint density at radius 3 is 2.62 bits per heavy atom. The third-order valence-electron chi connectivity index (χ3n) is 2.74. The van der Waals surface area contributed by atoms with Crippen LogP contribution in [-0.2, 0) is 6.54 Å². The van der Waals surface area contributed by atoms with Crippen LogP contribution in [0.4, 0.5) is 0 Å². The topological polar surface area (TPSA) is 35.5 Å². The number of rotatable bonds is 7. The van der Waals surface area contributed by atoms with Crippen molar-refractivity contribution in [1.82, 2.24) is 10.2 Å². The smallest absolute Gasteiger partial charge is 0.115 e. The second kappa shape index (κ2) is 7.25. The fourth-order valence-electron chi connectivity index (χ4n) is 1.68. The van der Waals surface area contributed by atoms with Gasteiger partial charge in [0, 0.05) is 19.6 Å². The summed E-state index contributed by atoms with van der Waals surface area (Å²) in [5.41, 5.74) is 1.12. The number of hydrogen-bond acceptors (Lipinski definition) is 3. The number of likely N-dealkylation sites (N-methyl/N-ethyl adjacent to an activating group) is 1. The Bertz CT molecular complexity index is 298. The van der Waals surface area contributed by atoms with E-state index in [4.69, 9.17) is 0 Å². The third kappa shape index (κ3) is 4.64. The van der Waals surface area contributed by atoms with Gasteiger partial charge < -0.3 is 15.3 Å². The molecule has 0 aliphatic heterocycles. The van der Waals surface area contributed by atoms with Gasteiger partial charge in [-0.25, -0.2) is 0 Å². The lowest BCUT2D eigenvalue weighted by Gasteiger charge is -2.17. The van der Waals surface area contributed by atoms with E-state index >= 15 is 0 Å². The van der Waals surface area contributed by atoms with Crippen molar-refractivity contribution in [2.45, 2.75) is 20.4 Å². The molecule has 0 heterocycles. The summed E-state index contributed by atoms with van der Waals surface area (Å²) in [6.45, 7) is 9.44. The van der Waals surface area contributed by atoms with Crippen LogP contribution in [0.15, 0.2) is 24.3 Å². The number of hydrogen-bond donors (Lipinski definition) is 2. The molecular weight excluding hydrogens is 200 g/mol. The van der Waals surface area contributed by atoms with Crippen LogP contribution in [0.3, 0.4) is 0 Å². The molecule has 0 unspecified atom stereocenters. The van der Waals surface area contributed by atoms with E-state index in [0.29, 0.717) is 5.75 Å². The molecule has 1 aromatic carbocycles. The molecule has 0 amide bonds. The standard InChI is InChI=1S/C13H22N2O/c1-3-15(4-2)9-8-14-11-12-6-5-7-13(16)10-12/h5-7,10,14,16H,3-4,8-9,11H2,1-2H3. The van der Waals surface area contributed by atoms with Crippen LogP contribution in [0.5, 0.6) is 5.75 Å². The van der Waals surface area contributed by atoms with Crippen molar-refractivity contribution in [3.05, 3.63) is 29.8 Å². The van der Waals surface area contributed by atoms with Crippen molar-refractivity contribution >= 4 is 0 Å². The van der Waals surface area contributed by atoms with E-state index in [0.717, 1.165) is 38.3 Å². The second-order valence-corrected chi connectivity index (χ2v) is 3.87. The summed E-state index contributed by atoms with van der Waals surface area (Å²) in [6.07, 6.45) is 0. The fourth-order valence-corrected chi connectivity index (χ4v) is 1.68. The van der Waals surface area contributed by atoms with Gasteiger partial charge in [-0.15, -0.1) is 0 Å². The molecule has 1 aromatic rings. The molecule has 0 fully saturated rings. The van der Waals surface area contributed by atoms with Gasteiger partial charge >= 0.3 is 0 Å². The van der Waals surface area contributed by atoms with Crippen LogP contribution in [0.25, 0.3) is 0 Å². The van der Waals surface area contributed by atoms with Crippen LogP contribution in [-0.4, -0.2) is 36.2 Å². The summed E-state index contributed by atoms with van der Waals surface area (Å²) in [5, 5.41) is 12.7. The summed E-state index contributed by atoms with van der Waals surface area (Å²) >= 11 is 0. The monoisotopic (exact) mass is 222 g/mol. The zero-order valence-electron chi connectivity index (χ0n) is 10.2. The minimum absolute atomic E-state index is 0.336. The highest BCUT2D eigenvalue weighted by Gasteiger charge is 1.98. The van der Waals surface area contributed by atoms with Gasteiger partial charge in [0.1, 0.15) is 5.75 Å². The first-order chi connectivity index (χ1) is 7.76. The molecule has 0 atom stereocenters. The molecular formula is C13H22N2O. The number of nitrogens with zero attached hydrogens (tertiary/aromatic N) is 1. The quantitative estimate of drug-likeness (QED) is 0.691. The Labute approximate surface area is 98.1 Å². The second-order valence-electron chi connectivity index (χ2n) is 3.87. The molecule has 1 rings (SSSR count). The fraction of sp³-hybridized carbons (Fsp3) is 0.538. The highest BCUT2D eigenvalue weighted by Crippen LogP contribution is 2.10. The van der Waals surface area contributed by atoms with E-state index in [-0.39, 0.29) is 0 Å². The van der Waals surface area contributed by atoms with Crippen LogP contribution < -0.4 is 5.32 Å². The van der Waals surface area contributed by atoms with Crippen LogP contribution >= 0.6 is 0 Å². The maximum atomic E-state index is 9.30. The summed E-state index contributed by atoms with van der Waals surface area (Å²) in [6, 6.07) is 7.38. The van der Waals surface area contributed by atoms with Crippen molar-refractivity contribution in [2.24, 2.45) is 0 Å². The van der Waals surface area contributed by atoms with E-state index in [1.54, 1.807) is 12.1 Å². The van der Waals surface area contributed by atoms with E-state index in [1.165, 1.54) is 0 Å². The van der Waals surface area contributed by atoms with Crippen molar-refractivity contribution in [1.29, 1.82) is 0 Å². The molecule has 0 aliphatic rings. The first-order valence-corrected chi connectivity index (χ1v) is 5.97. The minimum atomic E-state index is 0.336. The summed E-state index contributed by atoms with van der Waals surface area (Å²) in [4.78, 5) is 2.38. The Balaban J connectivity index is 2.20. The minimum Gasteiger partial charge on any atom is -0.508 e. The molecule has 0 saturated heterocycles. The van der Waals surface area contributed by atoms with Crippen LogP contribution in [0.2, 0.25) is 0 Å². The average molecular weight is 222 g/mol. The molecule has 0 saturated carbocycles. The number of benzene rings is 1. The Kier molecular flexibility index (Phi) is 5.90. The van der Waals surface area contributed by atoms with Crippen molar-refractivity contribution in [3.63, 3.8) is 0 Å². The van der Waals surface area contributed by atoms with Crippen molar-refractivity contribution in [3.8, 4) is 5.75 Å². The molecule has 90 valence electrons. The van der Waals surface area contributed by atoms with Crippen LogP contribution in [0.1, 0.15) is 19.4 Å². The lowest BCUT2D eigenvalue weighted by atomic mass is 10.2. The van der Waals surface area contributed by atoms with Gasteiger partial charge in [0.15, 0.2) is 0 Å². The van der Waals surface area contributed by atoms with Gasteiger partial charge in [0.2, 0.25) is 0 Å². The Morgan fingerprint density at radius 1 is 1.25 bits per heavy atom. The summed E-state index contributed by atoms with van der Waals surface area (Å²) < 4.78 is 0. The normalized spacial score (nSPS) is 10.9. The molecule has 3 nitrogen and oxygen atoms in total. The SMILES string of the molecule is CCN(CC)CCNCc1cccc(O)c1. The maximum absolute atomic E-state index is 9.30. The first-order valence-electron chi connectivity index (χ1n) is 5.97. The largest absolute Gasteiger partial charge is 0.508 e. The van der Waals surface area contributed by atoms with E-state index in [2.05, 4.69) is 24.1 Å². The number of phenols is 1. The number of nitrogens with one attached hydrogen (secondary N) is 1. The third-order valence-corrected chi connectivity index (χ3v) is 2.74. The van der Waals surface area contributed by atoms with Crippen LogP contribution in [0, 0.1) is 0 Å². The van der Waals surface area contributed by atoms with Gasteiger partial charge in [0.05, 0.1) is 0 Å². The molecule has 0 bridgehead atoms.